The topological polar surface area (TPSA) is 55.2 Å². The van der Waals surface area contributed by atoms with Gasteiger partial charge in [0.2, 0.25) is 5.91 Å². The van der Waals surface area contributed by atoms with Crippen molar-refractivity contribution in [2.24, 2.45) is 7.05 Å². The third kappa shape index (κ3) is 4.56. The molecule has 3 rings (SSSR count). The molecule has 0 N–H and O–H groups in total. The van der Waals surface area contributed by atoms with Gasteiger partial charge < -0.3 is 4.90 Å². The monoisotopic (exact) mass is 391 g/mol. The molecule has 0 aliphatic rings. The summed E-state index contributed by atoms with van der Waals surface area (Å²) in [5.74, 6) is 0.738. The van der Waals surface area contributed by atoms with E-state index >= 15 is 0 Å². The minimum atomic E-state index is -0.262. The third-order valence-electron chi connectivity index (χ3n) is 5.34. The first kappa shape index (κ1) is 20.8. The predicted octanol–water partition coefficient (Wildman–Crippen LogP) is 4.60. The van der Waals surface area contributed by atoms with Gasteiger partial charge in [0.25, 0.3) is 5.56 Å². The Morgan fingerprint density at radius 2 is 1.76 bits per heavy atom. The van der Waals surface area contributed by atoms with Gasteiger partial charge in [0.15, 0.2) is 0 Å². The number of carbonyl (C=O) groups is 1. The van der Waals surface area contributed by atoms with Crippen LogP contribution in [-0.2, 0) is 18.4 Å². The summed E-state index contributed by atoms with van der Waals surface area (Å²) in [7, 11) is 1.75. The zero-order chi connectivity index (χ0) is 20.8. The molecule has 3 aromatic rings. The molecule has 5 heteroatoms. The third-order valence-corrected chi connectivity index (χ3v) is 5.34. The highest BCUT2D eigenvalue weighted by atomic mass is 16.2. The molecular formula is C24H29N3O2. The van der Waals surface area contributed by atoms with Crippen molar-refractivity contribution in [2.45, 2.75) is 52.1 Å². The minimum absolute atomic E-state index is 0.0790. The van der Waals surface area contributed by atoms with Gasteiger partial charge in [0.1, 0.15) is 5.82 Å². The first-order valence-corrected chi connectivity index (χ1v) is 10.4. The first-order valence-electron chi connectivity index (χ1n) is 10.4. The van der Waals surface area contributed by atoms with Gasteiger partial charge in [-0.15, -0.1) is 0 Å². The highest BCUT2D eigenvalue weighted by Crippen LogP contribution is 2.26. The summed E-state index contributed by atoms with van der Waals surface area (Å²) in [6.07, 6.45) is 3.00. The summed E-state index contributed by atoms with van der Waals surface area (Å²) in [5.41, 5.74) is 1.66. The van der Waals surface area contributed by atoms with E-state index < -0.39 is 0 Å². The molecule has 0 radical (unpaired) electrons. The standard InChI is InChI=1S/C24H29N3O2/c1-4-6-16-22(28)27(17-18-12-8-7-9-13-18)21(5-2)23-25-20-15-11-10-14-19(20)24(29)26(23)3/h7-15,21H,4-6,16-17H2,1-3H3. The molecule has 0 saturated heterocycles. The minimum Gasteiger partial charge on any atom is -0.328 e. The lowest BCUT2D eigenvalue weighted by molar-refractivity contribution is -0.135. The van der Waals surface area contributed by atoms with Gasteiger partial charge in [0, 0.05) is 20.0 Å². The van der Waals surface area contributed by atoms with Crippen molar-refractivity contribution in [3.05, 3.63) is 76.3 Å². The van der Waals surface area contributed by atoms with Gasteiger partial charge >= 0.3 is 0 Å². The molecule has 1 atom stereocenters. The fourth-order valence-electron chi connectivity index (χ4n) is 3.70. The predicted molar refractivity (Wildman–Crippen MR) is 117 cm³/mol. The van der Waals surface area contributed by atoms with Crippen LogP contribution in [0.3, 0.4) is 0 Å². The number of amides is 1. The molecule has 1 amide bonds. The maximum atomic E-state index is 13.2. The average Bonchev–Trinajstić information content (AvgIpc) is 2.75. The smallest absolute Gasteiger partial charge is 0.261 e. The number of carbonyl (C=O) groups excluding carboxylic acids is 1. The van der Waals surface area contributed by atoms with Crippen LogP contribution < -0.4 is 5.56 Å². The lowest BCUT2D eigenvalue weighted by atomic mass is 10.1. The number of benzene rings is 2. The van der Waals surface area contributed by atoms with E-state index in [1.165, 1.54) is 0 Å². The Morgan fingerprint density at radius 3 is 2.45 bits per heavy atom. The molecule has 0 spiro atoms. The molecular weight excluding hydrogens is 362 g/mol. The molecule has 152 valence electrons. The average molecular weight is 392 g/mol. The number of hydrogen-bond donors (Lipinski definition) is 0. The van der Waals surface area contributed by atoms with Crippen LogP contribution in [0, 0.1) is 0 Å². The number of nitrogens with zero attached hydrogens (tertiary/aromatic N) is 3. The van der Waals surface area contributed by atoms with E-state index in [0.717, 1.165) is 18.4 Å². The first-order chi connectivity index (χ1) is 14.1. The summed E-state index contributed by atoms with van der Waals surface area (Å²) < 4.78 is 1.60. The second kappa shape index (κ2) is 9.50. The van der Waals surface area contributed by atoms with Crippen molar-refractivity contribution in [1.82, 2.24) is 14.5 Å². The molecule has 0 saturated carbocycles. The van der Waals surface area contributed by atoms with Crippen LogP contribution in [0.5, 0.6) is 0 Å². The van der Waals surface area contributed by atoms with Gasteiger partial charge in [-0.25, -0.2) is 4.98 Å². The van der Waals surface area contributed by atoms with Crippen LogP contribution in [0.15, 0.2) is 59.4 Å². The maximum Gasteiger partial charge on any atom is 0.261 e. The number of hydrogen-bond acceptors (Lipinski definition) is 3. The summed E-state index contributed by atoms with van der Waals surface area (Å²) in [6.45, 7) is 4.63. The van der Waals surface area contributed by atoms with Gasteiger partial charge in [-0.2, -0.15) is 0 Å². The summed E-state index contributed by atoms with van der Waals surface area (Å²) in [6, 6.07) is 17.1. The number of aromatic nitrogens is 2. The van der Waals surface area contributed by atoms with E-state index in [-0.39, 0.29) is 17.5 Å². The molecule has 0 aliphatic heterocycles. The zero-order valence-electron chi connectivity index (χ0n) is 17.5. The van der Waals surface area contributed by atoms with Gasteiger partial charge in [0.05, 0.1) is 16.9 Å². The Balaban J connectivity index is 2.07. The SMILES string of the molecule is CCCCC(=O)N(Cc1ccccc1)C(CC)c1nc2ccccc2c(=O)n1C. The number of para-hydroxylation sites is 1. The van der Waals surface area contributed by atoms with Crippen molar-refractivity contribution < 1.29 is 4.79 Å². The Labute approximate surface area is 172 Å². The molecule has 2 aromatic carbocycles. The molecule has 1 heterocycles. The van der Waals surface area contributed by atoms with Crippen LogP contribution in [0.2, 0.25) is 0 Å². The second-order valence-electron chi connectivity index (χ2n) is 7.39. The fourth-order valence-corrected chi connectivity index (χ4v) is 3.70. The summed E-state index contributed by atoms with van der Waals surface area (Å²) in [4.78, 5) is 32.8. The van der Waals surface area contributed by atoms with E-state index in [1.807, 2.05) is 60.4 Å². The van der Waals surface area contributed by atoms with E-state index in [2.05, 4.69) is 6.92 Å². The van der Waals surface area contributed by atoms with Crippen LogP contribution in [-0.4, -0.2) is 20.4 Å². The maximum absolute atomic E-state index is 13.2. The van der Waals surface area contributed by atoms with Crippen molar-refractivity contribution in [1.29, 1.82) is 0 Å². The fraction of sp³-hybridized carbons (Fsp3) is 0.375. The lowest BCUT2D eigenvalue weighted by Gasteiger charge is -2.32. The van der Waals surface area contributed by atoms with Crippen LogP contribution in [0.4, 0.5) is 0 Å². The van der Waals surface area contributed by atoms with Gasteiger partial charge in [-0.05, 0) is 30.5 Å². The normalized spacial score (nSPS) is 12.1. The van der Waals surface area contributed by atoms with E-state index in [0.29, 0.717) is 36.1 Å². The van der Waals surface area contributed by atoms with Crippen molar-refractivity contribution in [3.8, 4) is 0 Å². The molecule has 0 aliphatic carbocycles. The Bertz CT molecular complexity index is 1030. The highest BCUT2D eigenvalue weighted by Gasteiger charge is 2.27. The number of unbranched alkanes of at least 4 members (excludes halogenated alkanes) is 1. The number of rotatable bonds is 8. The quantitative estimate of drug-likeness (QED) is 0.564. The van der Waals surface area contributed by atoms with E-state index in [9.17, 15) is 9.59 Å². The zero-order valence-corrected chi connectivity index (χ0v) is 17.5. The van der Waals surface area contributed by atoms with E-state index in [1.54, 1.807) is 17.7 Å². The Morgan fingerprint density at radius 1 is 1.07 bits per heavy atom. The Kier molecular flexibility index (Phi) is 6.81. The molecule has 29 heavy (non-hydrogen) atoms. The lowest BCUT2D eigenvalue weighted by Crippen LogP contribution is -2.37. The molecule has 1 unspecified atom stereocenters. The molecule has 0 fully saturated rings. The molecule has 0 bridgehead atoms. The van der Waals surface area contributed by atoms with Crippen LogP contribution >= 0.6 is 0 Å². The molecule has 1 aromatic heterocycles. The summed E-state index contributed by atoms with van der Waals surface area (Å²) in [5, 5.41) is 0.598. The van der Waals surface area contributed by atoms with Crippen molar-refractivity contribution in [3.63, 3.8) is 0 Å². The van der Waals surface area contributed by atoms with Gasteiger partial charge in [-0.1, -0.05) is 62.7 Å². The van der Waals surface area contributed by atoms with E-state index in [4.69, 9.17) is 4.98 Å². The van der Waals surface area contributed by atoms with Gasteiger partial charge in [-0.3, -0.25) is 14.2 Å². The summed E-state index contributed by atoms with van der Waals surface area (Å²) >= 11 is 0. The molecule has 5 nitrogen and oxygen atoms in total. The highest BCUT2D eigenvalue weighted by molar-refractivity contribution is 5.78. The number of fused-ring (bicyclic) bond motifs is 1. The van der Waals surface area contributed by atoms with Crippen molar-refractivity contribution >= 4 is 16.8 Å². The van der Waals surface area contributed by atoms with Crippen LogP contribution in [0.25, 0.3) is 10.9 Å². The second-order valence-corrected chi connectivity index (χ2v) is 7.39. The van der Waals surface area contributed by atoms with Crippen molar-refractivity contribution in [2.75, 3.05) is 0 Å². The van der Waals surface area contributed by atoms with Crippen LogP contribution in [0.1, 0.15) is 57.0 Å². The Hall–Kier alpha value is -2.95. The largest absolute Gasteiger partial charge is 0.328 e.